The van der Waals surface area contributed by atoms with Crippen LogP contribution in [-0.2, 0) is 4.74 Å². The lowest BCUT2D eigenvalue weighted by molar-refractivity contribution is 0.0618. The van der Waals surface area contributed by atoms with Gasteiger partial charge in [-0.15, -0.1) is 0 Å². The molecule has 1 aromatic carbocycles. The second-order valence-corrected chi connectivity index (χ2v) is 4.67. The Balaban J connectivity index is 1.91. The van der Waals surface area contributed by atoms with Gasteiger partial charge in [0.2, 0.25) is 0 Å². The number of methoxy groups -OCH3 is 1. The summed E-state index contributed by atoms with van der Waals surface area (Å²) in [6, 6.07) is 8.19. The molecule has 1 aromatic rings. The molecule has 0 aliphatic carbocycles. The summed E-state index contributed by atoms with van der Waals surface area (Å²) in [6.45, 7) is 1.78. The summed E-state index contributed by atoms with van der Waals surface area (Å²) >= 11 is 0. The number of hydrogen-bond acceptors (Lipinski definition) is 3. The minimum absolute atomic E-state index is 0.129. The predicted molar refractivity (Wildman–Crippen MR) is 68.1 cm³/mol. The molecule has 2 N–H and O–H groups in total. The third-order valence-corrected chi connectivity index (χ3v) is 3.47. The molecule has 3 heteroatoms. The fourth-order valence-corrected chi connectivity index (χ4v) is 2.33. The monoisotopic (exact) mass is 235 g/mol. The molecule has 17 heavy (non-hydrogen) atoms. The topological polar surface area (TPSA) is 44.5 Å². The summed E-state index contributed by atoms with van der Waals surface area (Å²) in [5.41, 5.74) is 7.43. The van der Waals surface area contributed by atoms with Crippen LogP contribution in [0.2, 0.25) is 0 Å². The van der Waals surface area contributed by atoms with E-state index in [-0.39, 0.29) is 6.04 Å². The van der Waals surface area contributed by atoms with Gasteiger partial charge in [0.1, 0.15) is 5.75 Å². The van der Waals surface area contributed by atoms with E-state index in [9.17, 15) is 0 Å². The van der Waals surface area contributed by atoms with Crippen molar-refractivity contribution in [2.45, 2.75) is 25.3 Å². The number of hydrogen-bond donors (Lipinski definition) is 1. The van der Waals surface area contributed by atoms with E-state index in [2.05, 4.69) is 12.1 Å². The summed E-state index contributed by atoms with van der Waals surface area (Å²) in [5, 5.41) is 0. The molecule has 0 amide bonds. The first kappa shape index (κ1) is 12.4. The Morgan fingerprint density at radius 2 is 1.94 bits per heavy atom. The predicted octanol–water partition coefficient (Wildman–Crippen LogP) is 2.51. The number of ether oxygens (including phenoxy) is 2. The van der Waals surface area contributed by atoms with Gasteiger partial charge in [-0.3, -0.25) is 0 Å². The quantitative estimate of drug-likeness (QED) is 0.872. The number of rotatable bonds is 4. The Labute approximate surface area is 103 Å². The lowest BCUT2D eigenvalue weighted by atomic mass is 9.90. The van der Waals surface area contributed by atoms with Gasteiger partial charge in [-0.2, -0.15) is 0 Å². The van der Waals surface area contributed by atoms with Gasteiger partial charge in [0.15, 0.2) is 0 Å². The fourth-order valence-electron chi connectivity index (χ4n) is 2.33. The molecule has 1 aliphatic heterocycles. The highest BCUT2D eigenvalue weighted by Crippen LogP contribution is 2.26. The second kappa shape index (κ2) is 6.03. The highest BCUT2D eigenvalue weighted by atomic mass is 16.5. The molecule has 1 unspecified atom stereocenters. The average Bonchev–Trinajstić information content (AvgIpc) is 2.40. The maximum Gasteiger partial charge on any atom is 0.118 e. The Bertz CT molecular complexity index is 331. The van der Waals surface area contributed by atoms with Gasteiger partial charge in [0.25, 0.3) is 0 Å². The van der Waals surface area contributed by atoms with Gasteiger partial charge < -0.3 is 15.2 Å². The maximum absolute atomic E-state index is 6.24. The molecule has 0 radical (unpaired) electrons. The Morgan fingerprint density at radius 1 is 1.29 bits per heavy atom. The van der Waals surface area contributed by atoms with E-state index in [1.165, 1.54) is 5.56 Å². The summed E-state index contributed by atoms with van der Waals surface area (Å²) in [5.74, 6) is 1.59. The first-order valence-electron chi connectivity index (χ1n) is 6.27. The van der Waals surface area contributed by atoms with Crippen LogP contribution in [0.1, 0.15) is 30.9 Å². The SMILES string of the molecule is COc1ccc(C(N)CC2CCOCC2)cc1. The minimum Gasteiger partial charge on any atom is -0.497 e. The van der Waals surface area contributed by atoms with Crippen molar-refractivity contribution in [3.8, 4) is 5.75 Å². The molecule has 0 saturated carbocycles. The van der Waals surface area contributed by atoms with Gasteiger partial charge in [-0.1, -0.05) is 12.1 Å². The van der Waals surface area contributed by atoms with Crippen LogP contribution in [-0.4, -0.2) is 20.3 Å². The first-order chi connectivity index (χ1) is 8.29. The lowest BCUT2D eigenvalue weighted by Gasteiger charge is -2.25. The van der Waals surface area contributed by atoms with Crippen LogP contribution in [0.3, 0.4) is 0 Å². The minimum atomic E-state index is 0.129. The van der Waals surface area contributed by atoms with Crippen molar-refractivity contribution in [2.24, 2.45) is 11.7 Å². The van der Waals surface area contributed by atoms with Crippen molar-refractivity contribution < 1.29 is 9.47 Å². The third kappa shape index (κ3) is 3.45. The standard InChI is InChI=1S/C14H21NO2/c1-16-13-4-2-12(3-5-13)14(15)10-11-6-8-17-9-7-11/h2-5,11,14H,6-10,15H2,1H3. The lowest BCUT2D eigenvalue weighted by Crippen LogP contribution is -2.21. The fraction of sp³-hybridized carbons (Fsp3) is 0.571. The molecule has 1 heterocycles. The molecule has 1 atom stereocenters. The number of benzene rings is 1. The Kier molecular flexibility index (Phi) is 4.40. The molecule has 2 rings (SSSR count). The van der Waals surface area contributed by atoms with E-state index in [1.807, 2.05) is 12.1 Å². The van der Waals surface area contributed by atoms with E-state index in [1.54, 1.807) is 7.11 Å². The molecule has 1 saturated heterocycles. The number of nitrogens with two attached hydrogens (primary N) is 1. The Morgan fingerprint density at radius 3 is 2.53 bits per heavy atom. The van der Waals surface area contributed by atoms with Gasteiger partial charge in [0.05, 0.1) is 7.11 Å². The van der Waals surface area contributed by atoms with E-state index in [0.717, 1.165) is 38.2 Å². The molecule has 1 aliphatic rings. The Hall–Kier alpha value is -1.06. The summed E-state index contributed by atoms with van der Waals surface area (Å²) in [6.07, 6.45) is 3.34. The molecular weight excluding hydrogens is 214 g/mol. The summed E-state index contributed by atoms with van der Waals surface area (Å²) < 4.78 is 10.5. The van der Waals surface area contributed by atoms with Crippen molar-refractivity contribution in [3.05, 3.63) is 29.8 Å². The van der Waals surface area contributed by atoms with Gasteiger partial charge in [0, 0.05) is 19.3 Å². The van der Waals surface area contributed by atoms with E-state index >= 15 is 0 Å². The van der Waals surface area contributed by atoms with Crippen molar-refractivity contribution in [1.29, 1.82) is 0 Å². The van der Waals surface area contributed by atoms with E-state index in [4.69, 9.17) is 15.2 Å². The van der Waals surface area contributed by atoms with Crippen molar-refractivity contribution in [2.75, 3.05) is 20.3 Å². The molecular formula is C14H21NO2. The van der Waals surface area contributed by atoms with Crippen LogP contribution in [0.5, 0.6) is 5.75 Å². The van der Waals surface area contributed by atoms with Crippen molar-refractivity contribution in [1.82, 2.24) is 0 Å². The molecule has 94 valence electrons. The summed E-state index contributed by atoms with van der Waals surface area (Å²) in [7, 11) is 1.68. The zero-order chi connectivity index (χ0) is 12.1. The molecule has 0 bridgehead atoms. The second-order valence-electron chi connectivity index (χ2n) is 4.67. The molecule has 0 spiro atoms. The van der Waals surface area contributed by atoms with Crippen LogP contribution in [0.4, 0.5) is 0 Å². The summed E-state index contributed by atoms with van der Waals surface area (Å²) in [4.78, 5) is 0. The average molecular weight is 235 g/mol. The van der Waals surface area contributed by atoms with Gasteiger partial charge in [-0.25, -0.2) is 0 Å². The zero-order valence-corrected chi connectivity index (χ0v) is 10.4. The molecule has 3 nitrogen and oxygen atoms in total. The van der Waals surface area contributed by atoms with Crippen molar-refractivity contribution >= 4 is 0 Å². The van der Waals surface area contributed by atoms with Gasteiger partial charge in [-0.05, 0) is 42.9 Å². The first-order valence-corrected chi connectivity index (χ1v) is 6.27. The smallest absolute Gasteiger partial charge is 0.118 e. The van der Waals surface area contributed by atoms with E-state index in [0.29, 0.717) is 5.92 Å². The zero-order valence-electron chi connectivity index (χ0n) is 10.4. The van der Waals surface area contributed by atoms with Crippen LogP contribution in [0.25, 0.3) is 0 Å². The van der Waals surface area contributed by atoms with Crippen LogP contribution < -0.4 is 10.5 Å². The highest BCUT2D eigenvalue weighted by Gasteiger charge is 2.17. The van der Waals surface area contributed by atoms with E-state index < -0.39 is 0 Å². The van der Waals surface area contributed by atoms with Crippen LogP contribution in [0.15, 0.2) is 24.3 Å². The maximum atomic E-state index is 6.24. The third-order valence-electron chi connectivity index (χ3n) is 3.47. The van der Waals surface area contributed by atoms with Crippen LogP contribution >= 0.6 is 0 Å². The van der Waals surface area contributed by atoms with Crippen LogP contribution in [0, 0.1) is 5.92 Å². The van der Waals surface area contributed by atoms with Crippen molar-refractivity contribution in [3.63, 3.8) is 0 Å². The normalized spacial score (nSPS) is 18.9. The molecule has 0 aromatic heterocycles. The van der Waals surface area contributed by atoms with Gasteiger partial charge >= 0.3 is 0 Å². The highest BCUT2D eigenvalue weighted by molar-refractivity contribution is 5.28. The molecule has 1 fully saturated rings. The largest absolute Gasteiger partial charge is 0.497 e.